The summed E-state index contributed by atoms with van der Waals surface area (Å²) in [6.07, 6.45) is 8.90. The van der Waals surface area contributed by atoms with E-state index in [1.807, 2.05) is 6.92 Å². The van der Waals surface area contributed by atoms with Gasteiger partial charge in [0.1, 0.15) is 5.69 Å². The number of aromatic nitrogens is 2. The molecule has 0 amide bonds. The largest absolute Gasteiger partial charge is 0.292 e. The molecule has 0 aliphatic carbocycles. The Labute approximate surface area is 84.1 Å². The maximum atomic E-state index is 11.4. The topological polar surface area (TPSA) is 34.9 Å². The molecule has 0 aliphatic heterocycles. The van der Waals surface area contributed by atoms with Crippen LogP contribution >= 0.6 is 0 Å². The van der Waals surface area contributed by atoms with Gasteiger partial charge in [0.25, 0.3) is 0 Å². The number of terminal acetylenes is 1. The van der Waals surface area contributed by atoms with Crippen LogP contribution in [0.25, 0.3) is 0 Å². The number of hydrogen-bond acceptors (Lipinski definition) is 2. The van der Waals surface area contributed by atoms with Gasteiger partial charge in [-0.3, -0.25) is 9.48 Å². The molecule has 0 atom stereocenters. The number of carbonyl (C=O) groups is 1. The summed E-state index contributed by atoms with van der Waals surface area (Å²) in [7, 11) is 0. The molecule has 3 heteroatoms. The van der Waals surface area contributed by atoms with Crippen LogP contribution in [0.3, 0.4) is 0 Å². The van der Waals surface area contributed by atoms with E-state index in [2.05, 4.69) is 11.0 Å². The highest BCUT2D eigenvalue weighted by Gasteiger charge is 2.08. The quantitative estimate of drug-likeness (QED) is 0.403. The number of hydrogen-bond donors (Lipinski definition) is 0. The Bertz CT molecular complexity index is 346. The molecule has 0 N–H and O–H groups in total. The van der Waals surface area contributed by atoms with Crippen molar-refractivity contribution >= 4 is 5.78 Å². The normalized spacial score (nSPS) is 9.71. The van der Waals surface area contributed by atoms with E-state index in [1.54, 1.807) is 16.9 Å². The molecule has 3 nitrogen and oxygen atoms in total. The maximum Gasteiger partial charge on any atom is 0.180 e. The number of carbonyl (C=O) groups excluding carboxylic acids is 1. The number of rotatable bonds is 5. The van der Waals surface area contributed by atoms with Crippen LogP contribution in [-0.2, 0) is 6.54 Å². The lowest BCUT2D eigenvalue weighted by Gasteiger charge is -2.03. The average molecular weight is 190 g/mol. The Morgan fingerprint density at radius 2 is 2.50 bits per heavy atom. The molecule has 0 aliphatic rings. The van der Waals surface area contributed by atoms with Crippen molar-refractivity contribution in [2.45, 2.75) is 32.7 Å². The molecule has 0 aromatic carbocycles. The van der Waals surface area contributed by atoms with Crippen LogP contribution in [-0.4, -0.2) is 15.6 Å². The van der Waals surface area contributed by atoms with E-state index in [0.29, 0.717) is 12.1 Å². The van der Waals surface area contributed by atoms with Crippen LogP contribution in [0.2, 0.25) is 0 Å². The summed E-state index contributed by atoms with van der Waals surface area (Å²) >= 11 is 0. The first-order chi connectivity index (χ1) is 6.79. The van der Waals surface area contributed by atoms with Crippen LogP contribution in [0.4, 0.5) is 0 Å². The molecule has 1 aromatic rings. The number of ketones is 1. The van der Waals surface area contributed by atoms with Crippen molar-refractivity contribution in [2.75, 3.05) is 0 Å². The molecule has 0 bridgehead atoms. The Kier molecular flexibility index (Phi) is 3.93. The van der Waals surface area contributed by atoms with E-state index in [4.69, 9.17) is 6.42 Å². The van der Waals surface area contributed by atoms with Gasteiger partial charge in [-0.1, -0.05) is 6.92 Å². The zero-order chi connectivity index (χ0) is 10.4. The molecule has 74 valence electrons. The van der Waals surface area contributed by atoms with E-state index in [0.717, 1.165) is 19.4 Å². The lowest BCUT2D eigenvalue weighted by atomic mass is 10.2. The van der Waals surface area contributed by atoms with Gasteiger partial charge in [-0.05, 0) is 12.5 Å². The second-order valence-corrected chi connectivity index (χ2v) is 3.02. The molecule has 0 saturated heterocycles. The van der Waals surface area contributed by atoms with Gasteiger partial charge in [-0.25, -0.2) is 0 Å². The second-order valence-electron chi connectivity index (χ2n) is 3.02. The van der Waals surface area contributed by atoms with Gasteiger partial charge in [0, 0.05) is 25.6 Å². The number of aryl methyl sites for hydroxylation is 1. The lowest BCUT2D eigenvalue weighted by Crippen LogP contribution is -2.09. The van der Waals surface area contributed by atoms with Gasteiger partial charge in [-0.15, -0.1) is 12.3 Å². The molecule has 1 rings (SSSR count). The fourth-order valence-electron chi connectivity index (χ4n) is 1.26. The van der Waals surface area contributed by atoms with Gasteiger partial charge in [0.05, 0.1) is 0 Å². The summed E-state index contributed by atoms with van der Waals surface area (Å²) in [6, 6.07) is 1.75. The van der Waals surface area contributed by atoms with E-state index < -0.39 is 0 Å². The van der Waals surface area contributed by atoms with Crippen molar-refractivity contribution in [1.82, 2.24) is 9.78 Å². The highest BCUT2D eigenvalue weighted by atomic mass is 16.1. The SMILES string of the molecule is C#CCCCn1nccc1C(=O)CC. The third-order valence-corrected chi connectivity index (χ3v) is 2.01. The van der Waals surface area contributed by atoms with Crippen molar-refractivity contribution in [3.8, 4) is 12.3 Å². The third kappa shape index (κ3) is 2.46. The maximum absolute atomic E-state index is 11.4. The summed E-state index contributed by atoms with van der Waals surface area (Å²) in [4.78, 5) is 11.4. The van der Waals surface area contributed by atoms with Crippen LogP contribution in [0.15, 0.2) is 12.3 Å². The standard InChI is InChI=1S/C11H14N2O/c1-3-5-6-9-13-10(7-8-12-13)11(14)4-2/h1,7-8H,4-6,9H2,2H3. The Balaban J connectivity index is 2.64. The fraction of sp³-hybridized carbons (Fsp3) is 0.455. The number of Topliss-reactive ketones (excluding diaryl/α,β-unsaturated/α-hetero) is 1. The van der Waals surface area contributed by atoms with Gasteiger partial charge >= 0.3 is 0 Å². The molecular formula is C11H14N2O. The minimum absolute atomic E-state index is 0.128. The summed E-state index contributed by atoms with van der Waals surface area (Å²) in [5.41, 5.74) is 0.685. The molecular weight excluding hydrogens is 176 g/mol. The molecule has 1 heterocycles. The zero-order valence-corrected chi connectivity index (χ0v) is 8.36. The van der Waals surface area contributed by atoms with Crippen molar-refractivity contribution in [3.63, 3.8) is 0 Å². The van der Waals surface area contributed by atoms with Gasteiger partial charge in [0.2, 0.25) is 0 Å². The van der Waals surface area contributed by atoms with E-state index >= 15 is 0 Å². The fourth-order valence-corrected chi connectivity index (χ4v) is 1.26. The first-order valence-corrected chi connectivity index (χ1v) is 4.78. The summed E-state index contributed by atoms with van der Waals surface area (Å²) < 4.78 is 1.73. The molecule has 0 saturated carbocycles. The zero-order valence-electron chi connectivity index (χ0n) is 8.36. The molecule has 1 aromatic heterocycles. The minimum atomic E-state index is 0.128. The number of nitrogens with zero attached hydrogens (tertiary/aromatic N) is 2. The monoisotopic (exact) mass is 190 g/mol. The highest BCUT2D eigenvalue weighted by molar-refractivity contribution is 5.94. The molecule has 14 heavy (non-hydrogen) atoms. The van der Waals surface area contributed by atoms with Crippen LogP contribution in [0.5, 0.6) is 0 Å². The Morgan fingerprint density at radius 1 is 1.71 bits per heavy atom. The van der Waals surface area contributed by atoms with Crippen LogP contribution in [0.1, 0.15) is 36.7 Å². The molecule has 0 unspecified atom stereocenters. The Morgan fingerprint density at radius 3 is 3.14 bits per heavy atom. The Hall–Kier alpha value is -1.56. The van der Waals surface area contributed by atoms with Crippen molar-refractivity contribution in [3.05, 3.63) is 18.0 Å². The van der Waals surface area contributed by atoms with Crippen LogP contribution < -0.4 is 0 Å². The third-order valence-electron chi connectivity index (χ3n) is 2.01. The molecule has 0 radical (unpaired) electrons. The summed E-state index contributed by atoms with van der Waals surface area (Å²) in [6.45, 7) is 2.57. The molecule has 0 fully saturated rings. The average Bonchev–Trinajstić information content (AvgIpc) is 2.65. The van der Waals surface area contributed by atoms with Crippen molar-refractivity contribution in [1.29, 1.82) is 0 Å². The van der Waals surface area contributed by atoms with Gasteiger partial charge < -0.3 is 0 Å². The second kappa shape index (κ2) is 5.23. The summed E-state index contributed by atoms with van der Waals surface area (Å²) in [5.74, 6) is 2.69. The van der Waals surface area contributed by atoms with Gasteiger partial charge in [0.15, 0.2) is 5.78 Å². The summed E-state index contributed by atoms with van der Waals surface area (Å²) in [5, 5.41) is 4.08. The van der Waals surface area contributed by atoms with Crippen molar-refractivity contribution in [2.24, 2.45) is 0 Å². The first-order valence-electron chi connectivity index (χ1n) is 4.78. The first kappa shape index (κ1) is 10.5. The predicted molar refractivity (Wildman–Crippen MR) is 54.9 cm³/mol. The molecule has 0 spiro atoms. The van der Waals surface area contributed by atoms with E-state index in [9.17, 15) is 4.79 Å². The van der Waals surface area contributed by atoms with Gasteiger partial charge in [-0.2, -0.15) is 5.10 Å². The lowest BCUT2D eigenvalue weighted by molar-refractivity contribution is 0.0977. The smallest absolute Gasteiger partial charge is 0.180 e. The highest BCUT2D eigenvalue weighted by Crippen LogP contribution is 2.04. The van der Waals surface area contributed by atoms with Crippen LogP contribution in [0, 0.1) is 12.3 Å². The minimum Gasteiger partial charge on any atom is -0.292 e. The predicted octanol–water partition coefficient (Wildman–Crippen LogP) is 1.89. The van der Waals surface area contributed by atoms with Crippen molar-refractivity contribution < 1.29 is 4.79 Å². The van der Waals surface area contributed by atoms with E-state index in [-0.39, 0.29) is 5.78 Å². The van der Waals surface area contributed by atoms with E-state index in [1.165, 1.54) is 0 Å². The number of unbranched alkanes of at least 4 members (excludes halogenated alkanes) is 1.